The van der Waals surface area contributed by atoms with E-state index in [4.69, 9.17) is 14.6 Å². The second kappa shape index (κ2) is 4.93. The molecule has 1 aliphatic rings. The van der Waals surface area contributed by atoms with Gasteiger partial charge >= 0.3 is 5.97 Å². The molecule has 0 spiro atoms. The summed E-state index contributed by atoms with van der Waals surface area (Å²) in [5, 5.41) is 13.1. The number of benzene rings is 1. The average molecular weight is 288 g/mol. The molecule has 1 atom stereocenters. The van der Waals surface area contributed by atoms with E-state index < -0.39 is 17.6 Å². The lowest BCUT2D eigenvalue weighted by Gasteiger charge is -2.10. The van der Waals surface area contributed by atoms with E-state index in [1.54, 1.807) is 24.3 Å². The molecule has 1 aromatic carbocycles. The lowest BCUT2D eigenvalue weighted by Crippen LogP contribution is -2.29. The van der Waals surface area contributed by atoms with Gasteiger partial charge in [-0.15, -0.1) is 0 Å². The Kier molecular flexibility index (Phi) is 3.09. The predicted octanol–water partition coefficient (Wildman–Crippen LogP) is 1.28. The second-order valence-corrected chi connectivity index (χ2v) is 4.58. The van der Waals surface area contributed by atoms with Gasteiger partial charge in [0.15, 0.2) is 17.5 Å². The summed E-state index contributed by atoms with van der Waals surface area (Å²) >= 11 is 0. The van der Waals surface area contributed by atoms with Crippen molar-refractivity contribution in [1.29, 1.82) is 0 Å². The fraction of sp³-hybridized carbons (Fsp3) is 0.214. The van der Waals surface area contributed by atoms with Crippen LogP contribution in [-0.4, -0.2) is 27.6 Å². The highest BCUT2D eigenvalue weighted by Gasteiger charge is 2.18. The molecule has 0 saturated heterocycles. The van der Waals surface area contributed by atoms with Gasteiger partial charge in [-0.1, -0.05) is 0 Å². The van der Waals surface area contributed by atoms with E-state index in [9.17, 15) is 9.59 Å². The first-order chi connectivity index (χ1) is 10.1. The van der Waals surface area contributed by atoms with Gasteiger partial charge in [-0.2, -0.15) is 5.10 Å². The Morgan fingerprint density at radius 2 is 2.05 bits per heavy atom. The van der Waals surface area contributed by atoms with Gasteiger partial charge in [0.05, 0.1) is 5.69 Å². The summed E-state index contributed by atoms with van der Waals surface area (Å²) in [5.74, 6) is 0.122. The minimum atomic E-state index is -1.12. The number of carboxylic acid groups (broad SMARTS) is 1. The molecule has 3 rings (SSSR count). The zero-order valence-corrected chi connectivity index (χ0v) is 11.1. The lowest BCUT2D eigenvalue weighted by atomic mass is 10.1. The molecule has 2 heterocycles. The van der Waals surface area contributed by atoms with Crippen molar-refractivity contribution >= 4 is 5.97 Å². The zero-order valence-electron chi connectivity index (χ0n) is 11.1. The molecule has 1 aliphatic heterocycles. The minimum Gasteiger partial charge on any atom is -0.480 e. The van der Waals surface area contributed by atoms with Crippen molar-refractivity contribution in [2.75, 3.05) is 6.79 Å². The number of hydrogen-bond acceptors (Lipinski definition) is 5. The highest BCUT2D eigenvalue weighted by Crippen LogP contribution is 2.35. The third kappa shape index (κ3) is 2.33. The predicted molar refractivity (Wildman–Crippen MR) is 72.4 cm³/mol. The Balaban J connectivity index is 2.05. The fourth-order valence-corrected chi connectivity index (χ4v) is 2.02. The van der Waals surface area contributed by atoms with E-state index in [0.29, 0.717) is 22.8 Å². The van der Waals surface area contributed by atoms with Gasteiger partial charge in [-0.25, -0.2) is 9.48 Å². The van der Waals surface area contributed by atoms with Crippen LogP contribution < -0.4 is 15.0 Å². The fourth-order valence-electron chi connectivity index (χ4n) is 2.02. The quantitative estimate of drug-likeness (QED) is 0.915. The van der Waals surface area contributed by atoms with Gasteiger partial charge in [-0.05, 0) is 31.2 Å². The summed E-state index contributed by atoms with van der Waals surface area (Å²) in [6, 6.07) is 7.07. The van der Waals surface area contributed by atoms with Gasteiger partial charge < -0.3 is 14.6 Å². The van der Waals surface area contributed by atoms with Gasteiger partial charge in [0.1, 0.15) is 0 Å². The molecule has 2 aromatic rings. The van der Waals surface area contributed by atoms with Crippen LogP contribution in [0.2, 0.25) is 0 Å². The van der Waals surface area contributed by atoms with E-state index in [0.717, 1.165) is 4.68 Å². The van der Waals surface area contributed by atoms with Gasteiger partial charge in [0, 0.05) is 11.6 Å². The minimum absolute atomic E-state index is 0.168. The molecule has 21 heavy (non-hydrogen) atoms. The van der Waals surface area contributed by atoms with Crippen LogP contribution in [0, 0.1) is 0 Å². The molecule has 7 nitrogen and oxygen atoms in total. The van der Waals surface area contributed by atoms with Crippen molar-refractivity contribution in [3.63, 3.8) is 0 Å². The number of hydrogen-bond donors (Lipinski definition) is 1. The molecule has 1 aromatic heterocycles. The lowest BCUT2D eigenvalue weighted by molar-refractivity contribution is -0.140. The zero-order chi connectivity index (χ0) is 15.0. The Morgan fingerprint density at radius 3 is 2.81 bits per heavy atom. The average Bonchev–Trinajstić information content (AvgIpc) is 2.94. The number of aliphatic carboxylic acids is 1. The highest BCUT2D eigenvalue weighted by atomic mass is 16.7. The maximum Gasteiger partial charge on any atom is 0.328 e. The van der Waals surface area contributed by atoms with Crippen molar-refractivity contribution in [2.45, 2.75) is 13.0 Å². The molecule has 0 fully saturated rings. The Hall–Kier alpha value is -2.83. The molecule has 0 bridgehead atoms. The molecule has 0 unspecified atom stereocenters. The van der Waals surface area contributed by atoms with Crippen molar-refractivity contribution in [3.05, 3.63) is 40.7 Å². The third-order valence-electron chi connectivity index (χ3n) is 3.22. The monoisotopic (exact) mass is 288 g/mol. The molecule has 0 amide bonds. The largest absolute Gasteiger partial charge is 0.480 e. The second-order valence-electron chi connectivity index (χ2n) is 4.58. The van der Waals surface area contributed by atoms with E-state index in [2.05, 4.69) is 5.10 Å². The van der Waals surface area contributed by atoms with Crippen LogP contribution in [-0.2, 0) is 4.79 Å². The Morgan fingerprint density at radius 1 is 1.29 bits per heavy atom. The van der Waals surface area contributed by atoms with E-state index in [-0.39, 0.29) is 6.79 Å². The van der Waals surface area contributed by atoms with Gasteiger partial charge in [0.25, 0.3) is 5.56 Å². The van der Waals surface area contributed by atoms with Crippen LogP contribution in [0.4, 0.5) is 0 Å². The summed E-state index contributed by atoms with van der Waals surface area (Å²) in [6.07, 6.45) is 0. The number of aromatic nitrogens is 2. The molecule has 7 heteroatoms. The standard InChI is InChI=1S/C14H12N2O5/c1-8(14(18)19)16-13(17)5-3-10(15-16)9-2-4-11-12(6-9)21-7-20-11/h2-6,8H,7H2,1H3,(H,18,19)/t8-/m0/s1. The molecular weight excluding hydrogens is 276 g/mol. The number of ether oxygens (including phenoxy) is 2. The van der Waals surface area contributed by atoms with E-state index >= 15 is 0 Å². The first-order valence-electron chi connectivity index (χ1n) is 6.29. The van der Waals surface area contributed by atoms with Crippen molar-refractivity contribution in [3.8, 4) is 22.8 Å². The van der Waals surface area contributed by atoms with E-state index in [1.165, 1.54) is 13.0 Å². The van der Waals surface area contributed by atoms with Crippen LogP contribution >= 0.6 is 0 Å². The van der Waals surface area contributed by atoms with Gasteiger partial charge in [-0.3, -0.25) is 4.79 Å². The van der Waals surface area contributed by atoms with Crippen LogP contribution in [0.15, 0.2) is 35.1 Å². The number of fused-ring (bicyclic) bond motifs is 1. The Bertz CT molecular complexity index is 768. The smallest absolute Gasteiger partial charge is 0.328 e. The SMILES string of the molecule is C[C@@H](C(=O)O)n1nc(-c2ccc3c(c2)OCO3)ccc1=O. The van der Waals surface area contributed by atoms with E-state index in [1.807, 2.05) is 0 Å². The number of nitrogens with zero attached hydrogens (tertiary/aromatic N) is 2. The summed E-state index contributed by atoms with van der Waals surface area (Å²) in [5.41, 5.74) is 0.737. The van der Waals surface area contributed by atoms with Crippen LogP contribution in [0.5, 0.6) is 11.5 Å². The summed E-state index contributed by atoms with van der Waals surface area (Å²) in [4.78, 5) is 22.7. The molecular formula is C14H12N2O5. The third-order valence-corrected chi connectivity index (χ3v) is 3.22. The molecule has 1 N–H and O–H groups in total. The molecule has 0 saturated carbocycles. The van der Waals surface area contributed by atoms with Crippen LogP contribution in [0.1, 0.15) is 13.0 Å². The van der Waals surface area contributed by atoms with Crippen molar-refractivity contribution in [1.82, 2.24) is 9.78 Å². The summed E-state index contributed by atoms with van der Waals surface area (Å²) in [7, 11) is 0. The van der Waals surface area contributed by atoms with Gasteiger partial charge in [0.2, 0.25) is 6.79 Å². The molecule has 108 valence electrons. The number of carbonyl (C=O) groups is 1. The number of carboxylic acids is 1. The maximum atomic E-state index is 11.7. The van der Waals surface area contributed by atoms with Crippen LogP contribution in [0.25, 0.3) is 11.3 Å². The summed E-state index contributed by atoms with van der Waals surface area (Å²) < 4.78 is 11.5. The number of rotatable bonds is 3. The first-order valence-corrected chi connectivity index (χ1v) is 6.29. The molecule has 0 radical (unpaired) electrons. The molecule has 0 aliphatic carbocycles. The highest BCUT2D eigenvalue weighted by molar-refractivity contribution is 5.71. The topological polar surface area (TPSA) is 90.7 Å². The van der Waals surface area contributed by atoms with Crippen LogP contribution in [0.3, 0.4) is 0 Å². The van der Waals surface area contributed by atoms with Crippen molar-refractivity contribution < 1.29 is 19.4 Å². The van der Waals surface area contributed by atoms with Crippen molar-refractivity contribution in [2.24, 2.45) is 0 Å². The summed E-state index contributed by atoms with van der Waals surface area (Å²) in [6.45, 7) is 1.57. The maximum absolute atomic E-state index is 11.7. The normalized spacial score (nSPS) is 14.0. The first kappa shape index (κ1) is 13.2. The Labute approximate surface area is 119 Å².